The van der Waals surface area contributed by atoms with E-state index in [1.807, 2.05) is 0 Å². The molecule has 0 aliphatic carbocycles. The summed E-state index contributed by atoms with van der Waals surface area (Å²) in [5.74, 6) is 2.11. The molecule has 0 radical (unpaired) electrons. The van der Waals surface area contributed by atoms with Gasteiger partial charge in [-0.1, -0.05) is 53.4 Å². The lowest BCUT2D eigenvalue weighted by Crippen LogP contribution is -2.09. The van der Waals surface area contributed by atoms with E-state index in [0.29, 0.717) is 12.5 Å². The van der Waals surface area contributed by atoms with E-state index < -0.39 is 0 Å². The van der Waals surface area contributed by atoms with Crippen molar-refractivity contribution in [2.24, 2.45) is 17.8 Å². The Morgan fingerprint density at radius 3 is 1.87 bits per heavy atom. The van der Waals surface area contributed by atoms with E-state index in [9.17, 15) is 5.11 Å². The van der Waals surface area contributed by atoms with Crippen molar-refractivity contribution in [1.82, 2.24) is 0 Å². The van der Waals surface area contributed by atoms with Gasteiger partial charge in [-0.3, -0.25) is 0 Å². The Hall–Kier alpha value is -0.0400. The summed E-state index contributed by atoms with van der Waals surface area (Å²) >= 11 is 0. The zero-order valence-corrected chi connectivity index (χ0v) is 11.1. The smallest absolute Gasteiger partial charge is 0.0459 e. The molecule has 0 aromatic rings. The Morgan fingerprint density at radius 2 is 1.40 bits per heavy atom. The fourth-order valence-electron chi connectivity index (χ4n) is 2.11. The molecule has 0 saturated heterocycles. The maximum Gasteiger partial charge on any atom is 0.0459 e. The minimum absolute atomic E-state index is 0.377. The molecule has 0 aromatic heterocycles. The Bertz CT molecular complexity index is 129. The van der Waals surface area contributed by atoms with Crippen molar-refractivity contribution >= 4 is 0 Å². The summed E-state index contributed by atoms with van der Waals surface area (Å²) in [6.07, 6.45) is 7.75. The van der Waals surface area contributed by atoms with Crippen molar-refractivity contribution in [3.63, 3.8) is 0 Å². The van der Waals surface area contributed by atoms with E-state index in [2.05, 4.69) is 27.7 Å². The highest BCUT2D eigenvalue weighted by atomic mass is 16.3. The summed E-state index contributed by atoms with van der Waals surface area (Å²) in [6, 6.07) is 0. The zero-order chi connectivity index (χ0) is 11.7. The number of hydrogen-bond donors (Lipinski definition) is 1. The lowest BCUT2D eigenvalue weighted by atomic mass is 9.92. The third-order valence-electron chi connectivity index (χ3n) is 2.96. The van der Waals surface area contributed by atoms with Gasteiger partial charge in [-0.05, 0) is 30.6 Å². The molecule has 1 atom stereocenters. The SMILES string of the molecule is CC(C)CCCCCC(CO)CC(C)C. The van der Waals surface area contributed by atoms with Crippen LogP contribution in [0.2, 0.25) is 0 Å². The Morgan fingerprint density at radius 1 is 0.800 bits per heavy atom. The summed E-state index contributed by atoms with van der Waals surface area (Å²) in [7, 11) is 0. The molecule has 1 heteroatoms. The van der Waals surface area contributed by atoms with Gasteiger partial charge in [0.2, 0.25) is 0 Å². The van der Waals surface area contributed by atoms with Crippen LogP contribution in [-0.2, 0) is 0 Å². The maximum absolute atomic E-state index is 9.22. The van der Waals surface area contributed by atoms with Crippen molar-refractivity contribution in [2.75, 3.05) is 6.61 Å². The van der Waals surface area contributed by atoms with Gasteiger partial charge in [0.1, 0.15) is 0 Å². The molecule has 1 unspecified atom stereocenters. The van der Waals surface area contributed by atoms with E-state index in [1.54, 1.807) is 0 Å². The molecule has 0 aliphatic heterocycles. The average Bonchev–Trinajstić information content (AvgIpc) is 2.14. The normalized spacial score (nSPS) is 13.8. The van der Waals surface area contributed by atoms with E-state index >= 15 is 0 Å². The van der Waals surface area contributed by atoms with Gasteiger partial charge < -0.3 is 5.11 Å². The Labute approximate surface area is 96.3 Å². The molecule has 1 N–H and O–H groups in total. The minimum Gasteiger partial charge on any atom is -0.396 e. The molecular weight excluding hydrogens is 184 g/mol. The quantitative estimate of drug-likeness (QED) is 0.569. The van der Waals surface area contributed by atoms with Crippen LogP contribution in [0.3, 0.4) is 0 Å². The fraction of sp³-hybridized carbons (Fsp3) is 1.00. The summed E-state index contributed by atoms with van der Waals surface area (Å²) in [5.41, 5.74) is 0. The number of rotatable bonds is 9. The van der Waals surface area contributed by atoms with Crippen LogP contribution in [0, 0.1) is 17.8 Å². The van der Waals surface area contributed by atoms with Gasteiger partial charge >= 0.3 is 0 Å². The van der Waals surface area contributed by atoms with E-state index in [-0.39, 0.29) is 0 Å². The zero-order valence-electron chi connectivity index (χ0n) is 11.1. The molecule has 15 heavy (non-hydrogen) atoms. The van der Waals surface area contributed by atoms with Crippen molar-refractivity contribution < 1.29 is 5.11 Å². The molecule has 0 spiro atoms. The fourth-order valence-corrected chi connectivity index (χ4v) is 2.11. The lowest BCUT2D eigenvalue weighted by molar-refractivity contribution is 0.194. The number of aliphatic hydroxyl groups excluding tert-OH is 1. The molecule has 0 bridgehead atoms. The van der Waals surface area contributed by atoms with Crippen LogP contribution < -0.4 is 0 Å². The van der Waals surface area contributed by atoms with Crippen LogP contribution >= 0.6 is 0 Å². The highest BCUT2D eigenvalue weighted by molar-refractivity contribution is 4.61. The first kappa shape index (κ1) is 15.0. The van der Waals surface area contributed by atoms with Gasteiger partial charge in [0.25, 0.3) is 0 Å². The topological polar surface area (TPSA) is 20.2 Å². The standard InChI is InChI=1S/C14H30O/c1-12(2)8-6-5-7-9-14(11-15)10-13(3)4/h12-15H,5-11H2,1-4H3. The highest BCUT2D eigenvalue weighted by Gasteiger charge is 2.09. The molecule has 1 nitrogen and oxygen atoms in total. The largest absolute Gasteiger partial charge is 0.396 e. The van der Waals surface area contributed by atoms with Gasteiger partial charge in [-0.2, -0.15) is 0 Å². The second kappa shape index (κ2) is 9.21. The van der Waals surface area contributed by atoms with Crippen LogP contribution in [0.4, 0.5) is 0 Å². The Balaban J connectivity index is 3.38. The second-order valence-electron chi connectivity index (χ2n) is 5.71. The first-order valence-electron chi connectivity index (χ1n) is 6.67. The highest BCUT2D eigenvalue weighted by Crippen LogP contribution is 2.19. The van der Waals surface area contributed by atoms with Gasteiger partial charge in [-0.25, -0.2) is 0 Å². The first-order valence-corrected chi connectivity index (χ1v) is 6.67. The van der Waals surface area contributed by atoms with E-state index in [1.165, 1.54) is 38.5 Å². The predicted octanol–water partition coefficient (Wildman–Crippen LogP) is 4.25. The molecule has 0 aromatic carbocycles. The van der Waals surface area contributed by atoms with Gasteiger partial charge in [-0.15, -0.1) is 0 Å². The molecule has 0 aliphatic rings. The molecular formula is C14H30O. The first-order chi connectivity index (χ1) is 7.06. The molecule has 92 valence electrons. The molecule has 0 rings (SSSR count). The Kier molecular flexibility index (Phi) is 9.18. The van der Waals surface area contributed by atoms with Gasteiger partial charge in [0, 0.05) is 6.61 Å². The molecule has 0 saturated carbocycles. The molecule has 0 amide bonds. The second-order valence-corrected chi connectivity index (χ2v) is 5.71. The average molecular weight is 214 g/mol. The molecule has 0 fully saturated rings. The summed E-state index contributed by atoms with van der Waals surface area (Å²) < 4.78 is 0. The number of hydrogen-bond acceptors (Lipinski definition) is 1. The van der Waals surface area contributed by atoms with E-state index in [0.717, 1.165) is 11.8 Å². The van der Waals surface area contributed by atoms with Crippen LogP contribution in [0.5, 0.6) is 0 Å². The van der Waals surface area contributed by atoms with Crippen LogP contribution in [0.25, 0.3) is 0 Å². The number of unbranched alkanes of at least 4 members (excludes halogenated alkanes) is 2. The third-order valence-corrected chi connectivity index (χ3v) is 2.96. The van der Waals surface area contributed by atoms with Crippen molar-refractivity contribution in [3.05, 3.63) is 0 Å². The summed E-state index contributed by atoms with van der Waals surface area (Å²) in [6.45, 7) is 9.43. The van der Waals surface area contributed by atoms with Crippen LogP contribution in [0.1, 0.15) is 66.2 Å². The van der Waals surface area contributed by atoms with Crippen LogP contribution in [0.15, 0.2) is 0 Å². The van der Waals surface area contributed by atoms with Gasteiger partial charge in [0.05, 0.1) is 0 Å². The minimum atomic E-state index is 0.377. The summed E-state index contributed by atoms with van der Waals surface area (Å²) in [5, 5.41) is 9.22. The van der Waals surface area contributed by atoms with Crippen LogP contribution in [-0.4, -0.2) is 11.7 Å². The monoisotopic (exact) mass is 214 g/mol. The molecule has 0 heterocycles. The predicted molar refractivity (Wildman–Crippen MR) is 68.0 cm³/mol. The van der Waals surface area contributed by atoms with Gasteiger partial charge in [0.15, 0.2) is 0 Å². The van der Waals surface area contributed by atoms with Crippen molar-refractivity contribution in [1.29, 1.82) is 0 Å². The number of aliphatic hydroxyl groups is 1. The van der Waals surface area contributed by atoms with Crippen molar-refractivity contribution in [2.45, 2.75) is 66.2 Å². The van der Waals surface area contributed by atoms with E-state index in [4.69, 9.17) is 0 Å². The van der Waals surface area contributed by atoms with Crippen molar-refractivity contribution in [3.8, 4) is 0 Å². The third kappa shape index (κ3) is 10.2. The lowest BCUT2D eigenvalue weighted by Gasteiger charge is -2.16. The maximum atomic E-state index is 9.22. The summed E-state index contributed by atoms with van der Waals surface area (Å²) in [4.78, 5) is 0.